The van der Waals surface area contributed by atoms with E-state index in [1.807, 2.05) is 25.1 Å². The molecular weight excluding hydrogens is 502 g/mol. The van der Waals surface area contributed by atoms with E-state index >= 15 is 0 Å². The minimum atomic E-state index is -0.0450. The van der Waals surface area contributed by atoms with Gasteiger partial charge < -0.3 is 24.8 Å². The summed E-state index contributed by atoms with van der Waals surface area (Å²) in [6.07, 6.45) is 2.04. The third-order valence-electron chi connectivity index (χ3n) is 7.97. The van der Waals surface area contributed by atoms with Gasteiger partial charge in [-0.25, -0.2) is 4.98 Å². The topological polar surface area (TPSA) is 86.0 Å². The van der Waals surface area contributed by atoms with Crippen LogP contribution in [0.4, 0.5) is 11.8 Å². The van der Waals surface area contributed by atoms with Crippen LogP contribution >= 0.6 is 0 Å². The number of hydrogen-bond donors (Lipinski definition) is 1. The highest BCUT2D eigenvalue weighted by Crippen LogP contribution is 2.39. The molecule has 1 aromatic heterocycles. The molecule has 0 spiro atoms. The Hall–Kier alpha value is -4.04. The van der Waals surface area contributed by atoms with E-state index < -0.39 is 0 Å². The van der Waals surface area contributed by atoms with Gasteiger partial charge in [0.25, 0.3) is 0 Å². The molecule has 40 heavy (non-hydrogen) atoms. The number of fused-ring (bicyclic) bond motifs is 1. The molecule has 0 aliphatic carbocycles. The number of likely N-dealkylation sites (N-methyl/N-ethyl adjacent to an activating group) is 1. The number of para-hydroxylation sites is 1. The van der Waals surface area contributed by atoms with Crippen LogP contribution in [0.5, 0.6) is 17.2 Å². The second kappa shape index (κ2) is 12.0. The normalized spacial score (nSPS) is 15.1. The van der Waals surface area contributed by atoms with Crippen molar-refractivity contribution in [3.05, 3.63) is 77.9 Å². The number of methoxy groups -OCH3 is 2. The highest BCUT2D eigenvalue weighted by Gasteiger charge is 2.38. The zero-order chi connectivity index (χ0) is 28.1. The van der Waals surface area contributed by atoms with E-state index in [0.717, 1.165) is 55.7 Å². The lowest BCUT2D eigenvalue weighted by molar-refractivity contribution is 0.153. The standard InChI is InChI=1S/C32H39N5O3/c1-5-40-27-14-10-9-11-23(27)21-37-17-15-32(16-18-37,24-12-7-6-8-13-24)22-36(2)31-34-26-20-29(39-4)28(38-3)19-25(26)30(33)35-31/h6-14,19-20H,5,15-18,21-22H2,1-4H3,(H2,33,34,35). The molecule has 8 nitrogen and oxygen atoms in total. The molecule has 0 bridgehead atoms. The van der Waals surface area contributed by atoms with Gasteiger partial charge in [-0.2, -0.15) is 4.98 Å². The molecule has 5 rings (SSSR count). The van der Waals surface area contributed by atoms with Crippen molar-refractivity contribution in [2.24, 2.45) is 0 Å². The van der Waals surface area contributed by atoms with Gasteiger partial charge in [0.05, 0.1) is 26.3 Å². The highest BCUT2D eigenvalue weighted by atomic mass is 16.5. The average molecular weight is 542 g/mol. The Morgan fingerprint density at radius 2 is 1.57 bits per heavy atom. The maximum atomic E-state index is 6.42. The second-order valence-corrected chi connectivity index (χ2v) is 10.5. The summed E-state index contributed by atoms with van der Waals surface area (Å²) >= 11 is 0. The molecular formula is C32H39N5O3. The molecule has 1 aliphatic rings. The molecule has 8 heteroatoms. The molecule has 0 saturated carbocycles. The van der Waals surface area contributed by atoms with Gasteiger partial charge in [0.2, 0.25) is 5.95 Å². The fourth-order valence-corrected chi connectivity index (χ4v) is 5.80. The SMILES string of the molecule is CCOc1ccccc1CN1CCC(CN(C)c2nc(N)c3cc(OC)c(OC)cc3n2)(c2ccccc2)CC1. The number of anilines is 2. The van der Waals surface area contributed by atoms with E-state index in [1.54, 1.807) is 14.2 Å². The number of hydrogen-bond acceptors (Lipinski definition) is 8. The van der Waals surface area contributed by atoms with Crippen LogP contribution in [0.1, 0.15) is 30.9 Å². The molecule has 0 atom stereocenters. The number of nitrogens with two attached hydrogens (primary N) is 1. The maximum Gasteiger partial charge on any atom is 0.227 e. The molecule has 0 radical (unpaired) electrons. The molecule has 0 unspecified atom stereocenters. The van der Waals surface area contributed by atoms with E-state index in [9.17, 15) is 0 Å². The summed E-state index contributed by atoms with van der Waals surface area (Å²) in [6.45, 7) is 6.33. The molecule has 2 heterocycles. The van der Waals surface area contributed by atoms with E-state index in [0.29, 0.717) is 29.9 Å². The van der Waals surface area contributed by atoms with Gasteiger partial charge in [-0.15, -0.1) is 0 Å². The number of likely N-dealkylation sites (tertiary alicyclic amines) is 1. The second-order valence-electron chi connectivity index (χ2n) is 10.5. The summed E-state index contributed by atoms with van der Waals surface area (Å²) in [5.74, 6) is 3.21. The van der Waals surface area contributed by atoms with Crippen molar-refractivity contribution in [1.82, 2.24) is 14.9 Å². The maximum absolute atomic E-state index is 6.42. The number of aromatic nitrogens is 2. The highest BCUT2D eigenvalue weighted by molar-refractivity contribution is 5.91. The fourth-order valence-electron chi connectivity index (χ4n) is 5.80. The molecule has 3 aromatic carbocycles. The summed E-state index contributed by atoms with van der Waals surface area (Å²) in [6, 6.07) is 22.9. The third-order valence-corrected chi connectivity index (χ3v) is 7.97. The predicted octanol–water partition coefficient (Wildman–Crippen LogP) is 5.30. The van der Waals surface area contributed by atoms with Crippen LogP contribution in [0.3, 0.4) is 0 Å². The molecule has 2 N–H and O–H groups in total. The Balaban J connectivity index is 1.39. The van der Waals surface area contributed by atoms with Crippen LogP contribution in [0.25, 0.3) is 10.9 Å². The van der Waals surface area contributed by atoms with Gasteiger partial charge in [-0.3, -0.25) is 4.90 Å². The van der Waals surface area contributed by atoms with E-state index in [1.165, 1.54) is 11.1 Å². The van der Waals surface area contributed by atoms with Crippen LogP contribution < -0.4 is 24.8 Å². The molecule has 210 valence electrons. The molecule has 4 aromatic rings. The van der Waals surface area contributed by atoms with Crippen molar-refractivity contribution in [1.29, 1.82) is 0 Å². The minimum Gasteiger partial charge on any atom is -0.494 e. The lowest BCUT2D eigenvalue weighted by Gasteiger charge is -2.44. The van der Waals surface area contributed by atoms with Gasteiger partial charge in [0.15, 0.2) is 11.5 Å². The van der Waals surface area contributed by atoms with E-state index in [-0.39, 0.29) is 5.41 Å². The van der Waals surface area contributed by atoms with Crippen LogP contribution in [0.2, 0.25) is 0 Å². The Morgan fingerprint density at radius 3 is 2.27 bits per heavy atom. The van der Waals surface area contributed by atoms with Crippen molar-refractivity contribution < 1.29 is 14.2 Å². The number of ether oxygens (including phenoxy) is 3. The first kappa shape index (κ1) is 27.5. The lowest BCUT2D eigenvalue weighted by Crippen LogP contribution is -2.48. The average Bonchev–Trinajstić information content (AvgIpc) is 2.99. The first-order valence-electron chi connectivity index (χ1n) is 13.9. The van der Waals surface area contributed by atoms with Crippen molar-refractivity contribution in [3.63, 3.8) is 0 Å². The summed E-state index contributed by atoms with van der Waals surface area (Å²) in [5.41, 5.74) is 9.68. The number of nitrogens with zero attached hydrogens (tertiary/aromatic N) is 4. The zero-order valence-corrected chi connectivity index (χ0v) is 23.9. The monoisotopic (exact) mass is 541 g/mol. The van der Waals surface area contributed by atoms with Crippen molar-refractivity contribution in [3.8, 4) is 17.2 Å². The molecule has 1 fully saturated rings. The fraction of sp³-hybridized carbons (Fsp3) is 0.375. The van der Waals surface area contributed by atoms with E-state index in [2.05, 4.69) is 65.4 Å². The van der Waals surface area contributed by atoms with Crippen molar-refractivity contribution in [2.45, 2.75) is 31.7 Å². The van der Waals surface area contributed by atoms with Crippen LogP contribution in [-0.2, 0) is 12.0 Å². The van der Waals surface area contributed by atoms with Gasteiger partial charge >= 0.3 is 0 Å². The van der Waals surface area contributed by atoms with Gasteiger partial charge in [0, 0.05) is 42.6 Å². The molecule has 1 aliphatic heterocycles. The number of nitrogen functional groups attached to an aromatic ring is 1. The van der Waals surface area contributed by atoms with Crippen LogP contribution in [0.15, 0.2) is 66.7 Å². The third kappa shape index (κ3) is 5.63. The Bertz CT molecular complexity index is 1440. The minimum absolute atomic E-state index is 0.0450. The first-order valence-corrected chi connectivity index (χ1v) is 13.9. The van der Waals surface area contributed by atoms with Crippen LogP contribution in [0, 0.1) is 0 Å². The van der Waals surface area contributed by atoms with Gasteiger partial charge in [-0.05, 0) is 50.6 Å². The lowest BCUT2D eigenvalue weighted by atomic mass is 9.72. The van der Waals surface area contributed by atoms with Crippen molar-refractivity contribution >= 4 is 22.7 Å². The summed E-state index contributed by atoms with van der Waals surface area (Å²) in [5, 5.41) is 0.744. The Labute approximate surface area is 236 Å². The zero-order valence-electron chi connectivity index (χ0n) is 23.9. The predicted molar refractivity (Wildman–Crippen MR) is 161 cm³/mol. The van der Waals surface area contributed by atoms with E-state index in [4.69, 9.17) is 29.9 Å². The van der Waals surface area contributed by atoms with Crippen LogP contribution in [-0.4, -0.2) is 62.4 Å². The summed E-state index contributed by atoms with van der Waals surface area (Å²) < 4.78 is 16.8. The molecule has 1 saturated heterocycles. The molecule has 0 amide bonds. The Morgan fingerprint density at radius 1 is 0.900 bits per heavy atom. The van der Waals surface area contributed by atoms with Crippen molar-refractivity contribution in [2.75, 3.05) is 58.1 Å². The number of piperidine rings is 1. The van der Waals surface area contributed by atoms with Gasteiger partial charge in [0.1, 0.15) is 11.6 Å². The number of rotatable bonds is 10. The Kier molecular flexibility index (Phi) is 8.26. The quantitative estimate of drug-likeness (QED) is 0.290. The number of benzene rings is 3. The van der Waals surface area contributed by atoms with Gasteiger partial charge in [-0.1, -0.05) is 48.5 Å². The summed E-state index contributed by atoms with van der Waals surface area (Å²) in [7, 11) is 5.28. The summed E-state index contributed by atoms with van der Waals surface area (Å²) in [4.78, 5) is 14.2. The largest absolute Gasteiger partial charge is 0.494 e. The smallest absolute Gasteiger partial charge is 0.227 e. The first-order chi connectivity index (χ1) is 19.5.